The van der Waals surface area contributed by atoms with Crippen molar-refractivity contribution in [1.82, 2.24) is 0 Å². The summed E-state index contributed by atoms with van der Waals surface area (Å²) in [6, 6.07) is 10.8. The second-order valence-corrected chi connectivity index (χ2v) is 13.8. The fourth-order valence-electron chi connectivity index (χ4n) is 6.79. The lowest BCUT2D eigenvalue weighted by molar-refractivity contribution is 0.205. The Balaban J connectivity index is 1.19. The lowest BCUT2D eigenvalue weighted by Gasteiger charge is -2.17. The first-order chi connectivity index (χ1) is 28.5. The van der Waals surface area contributed by atoms with Gasteiger partial charge in [0.05, 0.1) is 40.6 Å². The van der Waals surface area contributed by atoms with Crippen LogP contribution >= 0.6 is 0 Å². The van der Waals surface area contributed by atoms with E-state index in [1.807, 2.05) is 0 Å². The van der Waals surface area contributed by atoms with E-state index in [4.69, 9.17) is 27.8 Å². The first kappa shape index (κ1) is 42.3. The predicted octanol–water partition coefficient (Wildman–Crippen LogP) is 5.90. The van der Waals surface area contributed by atoms with E-state index in [-0.39, 0.29) is 109 Å². The minimum absolute atomic E-state index is 0.0635. The molecular formula is C44H42O16. The maximum atomic E-state index is 13.4. The summed E-state index contributed by atoms with van der Waals surface area (Å²) in [6.07, 6.45) is -0.742. The van der Waals surface area contributed by atoms with E-state index >= 15 is 0 Å². The molecule has 0 aliphatic rings. The average Bonchev–Trinajstić information content (AvgIpc) is 3.21. The Morgan fingerprint density at radius 3 is 1.42 bits per heavy atom. The highest BCUT2D eigenvalue weighted by atomic mass is 16.5. The molecule has 16 nitrogen and oxygen atoms in total. The molecule has 16 heteroatoms. The number of fused-ring (bicyclic) bond motifs is 2. The summed E-state index contributed by atoms with van der Waals surface area (Å²) in [4.78, 5) is 26.8. The molecule has 0 amide bonds. The average molecular weight is 827 g/mol. The molecular weight excluding hydrogens is 784 g/mol. The van der Waals surface area contributed by atoms with Crippen molar-refractivity contribution in [3.63, 3.8) is 0 Å². The zero-order valence-electron chi connectivity index (χ0n) is 33.0. The number of aliphatic hydroxyl groups is 2. The van der Waals surface area contributed by atoms with E-state index in [0.29, 0.717) is 11.1 Å². The lowest BCUT2D eigenvalue weighted by atomic mass is 9.95. The van der Waals surface area contributed by atoms with Crippen LogP contribution in [-0.2, 0) is 12.8 Å². The van der Waals surface area contributed by atoms with E-state index in [1.54, 1.807) is 13.0 Å². The maximum absolute atomic E-state index is 13.4. The molecule has 0 aliphatic carbocycles. The fourth-order valence-corrected chi connectivity index (χ4v) is 6.79. The summed E-state index contributed by atoms with van der Waals surface area (Å²) in [7, 11) is 4.90. The molecule has 0 fully saturated rings. The van der Waals surface area contributed by atoms with Gasteiger partial charge in [0.2, 0.25) is 33.9 Å². The number of allylic oxidation sites excluding steroid dienone is 1. The van der Waals surface area contributed by atoms with Crippen molar-refractivity contribution in [3.8, 4) is 80.1 Å². The lowest BCUT2D eigenvalue weighted by Crippen LogP contribution is -2.15. The Morgan fingerprint density at radius 2 is 1.02 bits per heavy atom. The molecule has 6 rings (SSSR count). The largest absolute Gasteiger partial charge is 0.508 e. The third-order valence-corrected chi connectivity index (χ3v) is 10.1. The standard InChI is InChI=1S/C44H42O16/c1-19(27(47)15-23-13-21(9-11-25(23)45)39-43(57-5)37(53)33-31(59-39)17-29(49)41(55-3)35(33)51)7-8-20(2)28(48)16-24-14-22(10-12-26(24)46)40-44(58-6)38(54)34-32(60-40)18-30(50)42(56-4)36(34)52/h8-14,17-18,27-28,45-52H,1,7,15-16H2,2-6H3. The zero-order valence-corrected chi connectivity index (χ0v) is 33.0. The molecule has 60 heavy (non-hydrogen) atoms. The van der Waals surface area contributed by atoms with Crippen molar-refractivity contribution in [3.05, 3.63) is 104 Å². The number of aromatic hydroxyl groups is 6. The SMILES string of the molecule is C=C(CC=C(C)C(O)Cc1cc(-c2oc3cc(O)c(OC)c(O)c3c(=O)c2OC)ccc1O)C(O)Cc1cc(-c2oc3cc(O)c(OC)c(O)c3c(=O)c2OC)ccc1O. The quantitative estimate of drug-likeness (QED) is 0.0595. The van der Waals surface area contributed by atoms with Crippen LogP contribution in [-0.4, -0.2) is 81.5 Å². The fraction of sp³-hybridized carbons (Fsp3) is 0.227. The van der Waals surface area contributed by atoms with Crippen LogP contribution in [0, 0.1) is 0 Å². The van der Waals surface area contributed by atoms with E-state index < -0.39 is 46.1 Å². The number of benzene rings is 4. The van der Waals surface area contributed by atoms with Gasteiger partial charge in [0.25, 0.3) is 0 Å². The van der Waals surface area contributed by atoms with Crippen molar-refractivity contribution >= 4 is 21.9 Å². The summed E-state index contributed by atoms with van der Waals surface area (Å²) in [5, 5.41) is 85.0. The summed E-state index contributed by atoms with van der Waals surface area (Å²) in [5.41, 5.74) is 0.0923. The molecule has 6 aromatic rings. The molecule has 0 spiro atoms. The second-order valence-electron chi connectivity index (χ2n) is 13.8. The number of phenolic OH excluding ortho intramolecular Hbond substituents is 6. The Kier molecular flexibility index (Phi) is 11.9. The van der Waals surface area contributed by atoms with Gasteiger partial charge in [-0.25, -0.2) is 0 Å². The maximum Gasteiger partial charge on any atom is 0.239 e. The Bertz CT molecular complexity index is 2810. The topological polar surface area (TPSA) is 259 Å². The monoisotopic (exact) mass is 826 g/mol. The number of phenols is 6. The Hall–Kier alpha value is -7.30. The minimum atomic E-state index is -1.18. The molecule has 0 aliphatic heterocycles. The minimum Gasteiger partial charge on any atom is -0.508 e. The van der Waals surface area contributed by atoms with Gasteiger partial charge in [0.1, 0.15) is 33.4 Å². The first-order valence-electron chi connectivity index (χ1n) is 18.2. The molecule has 2 unspecified atom stereocenters. The van der Waals surface area contributed by atoms with Crippen LogP contribution in [0.3, 0.4) is 0 Å². The molecule has 2 heterocycles. The summed E-state index contributed by atoms with van der Waals surface area (Å²) >= 11 is 0. The molecule has 4 aromatic carbocycles. The molecule has 2 atom stereocenters. The van der Waals surface area contributed by atoms with Gasteiger partial charge in [0.15, 0.2) is 34.5 Å². The summed E-state index contributed by atoms with van der Waals surface area (Å²) in [5.74, 6) is -3.84. The second kappa shape index (κ2) is 16.9. The van der Waals surface area contributed by atoms with E-state index in [9.17, 15) is 50.4 Å². The van der Waals surface area contributed by atoms with Crippen molar-refractivity contribution in [2.24, 2.45) is 0 Å². The van der Waals surface area contributed by atoms with E-state index in [1.165, 1.54) is 64.8 Å². The molecule has 0 saturated heterocycles. The number of methoxy groups -OCH3 is 4. The highest BCUT2D eigenvalue weighted by molar-refractivity contribution is 5.92. The van der Waals surface area contributed by atoms with Gasteiger partial charge in [-0.05, 0) is 72.0 Å². The van der Waals surface area contributed by atoms with Gasteiger partial charge >= 0.3 is 0 Å². The molecule has 0 bridgehead atoms. The summed E-state index contributed by atoms with van der Waals surface area (Å²) < 4.78 is 32.5. The van der Waals surface area contributed by atoms with Crippen LogP contribution in [0.4, 0.5) is 0 Å². The van der Waals surface area contributed by atoms with Crippen LogP contribution < -0.4 is 29.8 Å². The van der Waals surface area contributed by atoms with Crippen LogP contribution in [0.15, 0.2) is 90.8 Å². The third-order valence-electron chi connectivity index (χ3n) is 10.1. The Morgan fingerprint density at radius 1 is 0.617 bits per heavy atom. The van der Waals surface area contributed by atoms with Gasteiger partial charge in [-0.2, -0.15) is 0 Å². The van der Waals surface area contributed by atoms with Crippen LogP contribution in [0.25, 0.3) is 44.6 Å². The molecule has 0 saturated carbocycles. The number of aliphatic hydroxyl groups excluding tert-OH is 2. The van der Waals surface area contributed by atoms with Crippen LogP contribution in [0.1, 0.15) is 24.5 Å². The van der Waals surface area contributed by atoms with E-state index in [2.05, 4.69) is 6.58 Å². The van der Waals surface area contributed by atoms with Gasteiger partial charge in [-0.15, -0.1) is 0 Å². The van der Waals surface area contributed by atoms with Crippen molar-refractivity contribution in [2.45, 2.75) is 38.4 Å². The highest BCUT2D eigenvalue weighted by Crippen LogP contribution is 2.45. The zero-order chi connectivity index (χ0) is 43.7. The first-order valence-corrected chi connectivity index (χ1v) is 18.2. The van der Waals surface area contributed by atoms with Crippen molar-refractivity contribution in [1.29, 1.82) is 0 Å². The smallest absolute Gasteiger partial charge is 0.239 e. The van der Waals surface area contributed by atoms with Crippen molar-refractivity contribution < 1.29 is 68.6 Å². The molecule has 8 N–H and O–H groups in total. The molecule has 0 radical (unpaired) electrons. The van der Waals surface area contributed by atoms with Gasteiger partial charge in [0, 0.05) is 36.1 Å². The van der Waals surface area contributed by atoms with Gasteiger partial charge < -0.3 is 68.6 Å². The summed E-state index contributed by atoms with van der Waals surface area (Å²) in [6.45, 7) is 5.64. The van der Waals surface area contributed by atoms with Crippen LogP contribution in [0.2, 0.25) is 0 Å². The molecule has 314 valence electrons. The highest BCUT2D eigenvalue weighted by Gasteiger charge is 2.26. The van der Waals surface area contributed by atoms with Crippen molar-refractivity contribution in [2.75, 3.05) is 28.4 Å². The van der Waals surface area contributed by atoms with Gasteiger partial charge in [-0.3, -0.25) is 9.59 Å². The number of rotatable bonds is 14. The Labute approximate surface area is 340 Å². The number of hydrogen-bond acceptors (Lipinski definition) is 16. The number of ether oxygens (including phenoxy) is 4. The normalized spacial score (nSPS) is 12.7. The molecule has 2 aromatic heterocycles. The predicted molar refractivity (Wildman–Crippen MR) is 219 cm³/mol. The van der Waals surface area contributed by atoms with Gasteiger partial charge in [-0.1, -0.05) is 12.7 Å². The third kappa shape index (κ3) is 7.68. The van der Waals surface area contributed by atoms with Crippen LogP contribution in [0.5, 0.6) is 57.5 Å². The number of hydrogen-bond donors (Lipinski definition) is 8. The van der Waals surface area contributed by atoms with E-state index in [0.717, 1.165) is 12.1 Å².